The highest BCUT2D eigenvalue weighted by Crippen LogP contribution is 2.28. The molecular formula is C21H29N7O5. The second-order valence-electron chi connectivity index (χ2n) is 7.84. The number of hydrogen-bond donors (Lipinski definition) is 4. The molecule has 1 amide bonds. The van der Waals surface area contributed by atoms with E-state index in [1.54, 1.807) is 13.8 Å². The van der Waals surface area contributed by atoms with Crippen LogP contribution in [0.15, 0.2) is 18.8 Å². The van der Waals surface area contributed by atoms with Crippen molar-refractivity contribution in [2.75, 3.05) is 29.0 Å². The maximum atomic E-state index is 12.9. The maximum absolute atomic E-state index is 12.9. The molecule has 12 nitrogen and oxygen atoms in total. The van der Waals surface area contributed by atoms with E-state index in [-0.39, 0.29) is 29.3 Å². The Balaban J connectivity index is 1.95. The molecule has 0 fully saturated rings. The van der Waals surface area contributed by atoms with Crippen molar-refractivity contribution < 1.29 is 9.21 Å². The Morgan fingerprint density at radius 3 is 2.55 bits per heavy atom. The lowest BCUT2D eigenvalue weighted by Gasteiger charge is -2.25. The number of amides is 1. The first-order valence-corrected chi connectivity index (χ1v) is 10.8. The summed E-state index contributed by atoms with van der Waals surface area (Å²) in [6.07, 6.45) is 2.16. The molecule has 0 radical (unpaired) electrons. The molecule has 0 aliphatic heterocycles. The Bertz CT molecular complexity index is 1350. The molecule has 0 saturated heterocycles. The van der Waals surface area contributed by atoms with Gasteiger partial charge in [0.1, 0.15) is 22.7 Å². The summed E-state index contributed by atoms with van der Waals surface area (Å²) in [5.74, 6) is -0.0510. The van der Waals surface area contributed by atoms with Crippen LogP contribution in [0.5, 0.6) is 0 Å². The lowest BCUT2D eigenvalue weighted by atomic mass is 10.2. The van der Waals surface area contributed by atoms with Crippen molar-refractivity contribution in [2.24, 2.45) is 0 Å². The number of H-pyrrole nitrogens is 2. The van der Waals surface area contributed by atoms with E-state index in [0.29, 0.717) is 42.8 Å². The minimum Gasteiger partial charge on any atom is -0.444 e. The van der Waals surface area contributed by atoms with Crippen molar-refractivity contribution in [1.29, 1.82) is 0 Å². The number of aromatic nitrogens is 4. The predicted octanol–water partition coefficient (Wildman–Crippen LogP) is 1.22. The number of nitrogens with two attached hydrogens (primary N) is 1. The van der Waals surface area contributed by atoms with Crippen LogP contribution in [0.25, 0.3) is 10.8 Å². The largest absolute Gasteiger partial charge is 0.444 e. The van der Waals surface area contributed by atoms with Crippen molar-refractivity contribution in [3.05, 3.63) is 42.6 Å². The zero-order valence-electron chi connectivity index (χ0n) is 19.2. The minimum atomic E-state index is -0.663. The quantitative estimate of drug-likeness (QED) is 0.370. The summed E-state index contributed by atoms with van der Waals surface area (Å²) in [7, 11) is 0. The molecule has 0 aliphatic carbocycles. The predicted molar refractivity (Wildman–Crippen MR) is 126 cm³/mol. The molecule has 3 aromatic rings. The molecule has 0 saturated carbocycles. The SMILES string of the molecule is CCCCn1c(N)c(N(CCC)CC(=O)Nc2oc(C)c3c(C)n[nH]c(=O)c23)c(=O)[nH]c1=O. The average molecular weight is 460 g/mol. The van der Waals surface area contributed by atoms with E-state index in [9.17, 15) is 19.2 Å². The Morgan fingerprint density at radius 2 is 1.88 bits per heavy atom. The van der Waals surface area contributed by atoms with Crippen LogP contribution in [-0.4, -0.2) is 38.7 Å². The molecule has 0 unspecified atom stereocenters. The summed E-state index contributed by atoms with van der Waals surface area (Å²) in [4.78, 5) is 53.8. The van der Waals surface area contributed by atoms with E-state index in [2.05, 4.69) is 20.5 Å². The molecular weight excluding hydrogens is 430 g/mol. The summed E-state index contributed by atoms with van der Waals surface area (Å²) in [6.45, 7) is 7.72. The van der Waals surface area contributed by atoms with Crippen LogP contribution >= 0.6 is 0 Å². The smallest absolute Gasteiger partial charge is 0.330 e. The molecule has 5 N–H and O–H groups in total. The number of rotatable bonds is 9. The van der Waals surface area contributed by atoms with Gasteiger partial charge in [0, 0.05) is 13.1 Å². The Labute approximate surface area is 188 Å². The lowest BCUT2D eigenvalue weighted by molar-refractivity contribution is -0.115. The van der Waals surface area contributed by atoms with Gasteiger partial charge in [-0.05, 0) is 26.7 Å². The number of carbonyl (C=O) groups is 1. The van der Waals surface area contributed by atoms with E-state index in [4.69, 9.17) is 10.2 Å². The molecule has 33 heavy (non-hydrogen) atoms. The third-order valence-corrected chi connectivity index (χ3v) is 5.34. The summed E-state index contributed by atoms with van der Waals surface area (Å²) in [5, 5.41) is 9.65. The van der Waals surface area contributed by atoms with Crippen molar-refractivity contribution >= 4 is 34.1 Å². The Hall–Kier alpha value is -3.83. The highest BCUT2D eigenvalue weighted by Gasteiger charge is 2.23. The minimum absolute atomic E-state index is 0.00509. The summed E-state index contributed by atoms with van der Waals surface area (Å²) in [6, 6.07) is 0. The molecule has 0 spiro atoms. The van der Waals surface area contributed by atoms with E-state index >= 15 is 0 Å². The number of unbranched alkanes of at least 4 members (excludes halogenated alkanes) is 1. The second kappa shape index (κ2) is 9.76. The van der Waals surface area contributed by atoms with E-state index < -0.39 is 22.7 Å². The van der Waals surface area contributed by atoms with Gasteiger partial charge in [-0.2, -0.15) is 5.10 Å². The average Bonchev–Trinajstić information content (AvgIpc) is 3.07. The second-order valence-corrected chi connectivity index (χ2v) is 7.84. The van der Waals surface area contributed by atoms with Crippen LogP contribution in [0, 0.1) is 13.8 Å². The van der Waals surface area contributed by atoms with Crippen LogP contribution in [-0.2, 0) is 11.3 Å². The lowest BCUT2D eigenvalue weighted by Crippen LogP contribution is -2.42. The van der Waals surface area contributed by atoms with Crippen molar-refractivity contribution in [3.8, 4) is 0 Å². The zero-order valence-corrected chi connectivity index (χ0v) is 19.2. The molecule has 0 bridgehead atoms. The van der Waals surface area contributed by atoms with Gasteiger partial charge in [-0.15, -0.1) is 0 Å². The fourth-order valence-electron chi connectivity index (χ4n) is 3.83. The topological polar surface area (TPSA) is 172 Å². The van der Waals surface area contributed by atoms with E-state index in [1.807, 2.05) is 13.8 Å². The molecule has 3 heterocycles. The first kappa shape index (κ1) is 23.8. The number of nitrogens with one attached hydrogen (secondary N) is 3. The first-order valence-electron chi connectivity index (χ1n) is 10.8. The number of carbonyl (C=O) groups excluding carboxylic acids is 1. The number of nitrogen functional groups attached to an aromatic ring is 1. The highest BCUT2D eigenvalue weighted by molar-refractivity contribution is 6.02. The number of anilines is 3. The van der Waals surface area contributed by atoms with Crippen LogP contribution < -0.4 is 32.8 Å². The third-order valence-electron chi connectivity index (χ3n) is 5.34. The molecule has 0 aromatic carbocycles. The fourth-order valence-corrected chi connectivity index (χ4v) is 3.83. The fraction of sp³-hybridized carbons (Fsp3) is 0.476. The van der Waals surface area contributed by atoms with Gasteiger partial charge in [0.25, 0.3) is 11.1 Å². The van der Waals surface area contributed by atoms with Crippen LogP contribution in [0.1, 0.15) is 44.6 Å². The Morgan fingerprint density at radius 1 is 1.15 bits per heavy atom. The van der Waals surface area contributed by atoms with Crippen molar-refractivity contribution in [3.63, 3.8) is 0 Å². The number of aromatic amines is 2. The van der Waals surface area contributed by atoms with E-state index in [0.717, 1.165) is 6.42 Å². The Kier molecular flexibility index (Phi) is 7.04. The van der Waals surface area contributed by atoms with Gasteiger partial charge in [-0.25, -0.2) is 9.89 Å². The molecule has 3 aromatic heterocycles. The van der Waals surface area contributed by atoms with Crippen molar-refractivity contribution in [2.45, 2.75) is 53.5 Å². The number of aryl methyl sites for hydroxylation is 2. The summed E-state index contributed by atoms with van der Waals surface area (Å²) < 4.78 is 6.93. The van der Waals surface area contributed by atoms with Crippen LogP contribution in [0.2, 0.25) is 0 Å². The number of hydrogen-bond acceptors (Lipinski definition) is 8. The summed E-state index contributed by atoms with van der Waals surface area (Å²) in [5.41, 5.74) is 5.08. The molecule has 12 heteroatoms. The summed E-state index contributed by atoms with van der Waals surface area (Å²) >= 11 is 0. The van der Waals surface area contributed by atoms with Gasteiger partial charge in [-0.3, -0.25) is 29.3 Å². The van der Waals surface area contributed by atoms with E-state index in [1.165, 1.54) is 9.47 Å². The molecule has 0 atom stereocenters. The van der Waals surface area contributed by atoms with Gasteiger partial charge in [0.15, 0.2) is 0 Å². The number of fused-ring (bicyclic) bond motifs is 1. The number of furan rings is 1. The van der Waals surface area contributed by atoms with Gasteiger partial charge in [0.2, 0.25) is 11.8 Å². The molecule has 0 aliphatic rings. The molecule has 178 valence electrons. The number of nitrogens with zero attached hydrogens (tertiary/aromatic N) is 3. The monoisotopic (exact) mass is 459 g/mol. The van der Waals surface area contributed by atoms with Crippen LogP contribution in [0.3, 0.4) is 0 Å². The molecule has 3 rings (SSSR count). The highest BCUT2D eigenvalue weighted by atomic mass is 16.4. The van der Waals surface area contributed by atoms with Gasteiger partial charge < -0.3 is 15.1 Å². The van der Waals surface area contributed by atoms with Gasteiger partial charge in [-0.1, -0.05) is 20.3 Å². The normalized spacial score (nSPS) is 11.2. The van der Waals surface area contributed by atoms with Gasteiger partial charge in [0.05, 0.1) is 17.6 Å². The first-order chi connectivity index (χ1) is 15.7. The van der Waals surface area contributed by atoms with Crippen LogP contribution in [0.4, 0.5) is 17.4 Å². The third kappa shape index (κ3) is 4.69. The van der Waals surface area contributed by atoms with Gasteiger partial charge >= 0.3 is 5.69 Å². The van der Waals surface area contributed by atoms with Crippen molar-refractivity contribution in [1.82, 2.24) is 19.7 Å². The maximum Gasteiger partial charge on any atom is 0.330 e. The zero-order chi connectivity index (χ0) is 24.3. The standard InChI is InChI=1S/C21H29N7O5/c1-5-7-9-28-17(22)16(19(31)24-21(28)32)27(8-6-2)10-13(29)23-20-15-14(12(4)33-20)11(3)25-26-18(15)30/h5-10,22H2,1-4H3,(H,23,29)(H,26,30)(H,24,31,32).